The molecule has 2 aromatic rings. The molecule has 1 amide bonds. The van der Waals surface area contributed by atoms with E-state index in [2.05, 4.69) is 18.8 Å². The van der Waals surface area contributed by atoms with E-state index in [1.165, 1.54) is 0 Å². The van der Waals surface area contributed by atoms with E-state index in [0.29, 0.717) is 25.5 Å². The quantitative estimate of drug-likeness (QED) is 0.710. The van der Waals surface area contributed by atoms with Crippen LogP contribution in [0.25, 0.3) is 0 Å². The summed E-state index contributed by atoms with van der Waals surface area (Å²) < 4.78 is 5.84. The molecule has 0 aliphatic rings. The molecule has 2 rings (SSSR count). The summed E-state index contributed by atoms with van der Waals surface area (Å²) in [5, 5.41) is 2.95. The molecule has 0 N–H and O–H groups in total. The molecule has 5 heteroatoms. The Morgan fingerprint density at radius 3 is 2.75 bits per heavy atom. The van der Waals surface area contributed by atoms with Crippen molar-refractivity contribution in [2.24, 2.45) is 5.92 Å². The Balaban J connectivity index is 1.96. The lowest BCUT2D eigenvalue weighted by molar-refractivity contribution is -0.132. The maximum Gasteiger partial charge on any atom is 0.222 e. The lowest BCUT2D eigenvalue weighted by Crippen LogP contribution is -2.33. The highest BCUT2D eigenvalue weighted by atomic mass is 32.1. The number of carbonyl (C=O) groups is 1. The lowest BCUT2D eigenvalue weighted by atomic mass is 10.2. The van der Waals surface area contributed by atoms with E-state index in [9.17, 15) is 4.79 Å². The first-order valence-corrected chi connectivity index (χ1v) is 9.27. The van der Waals surface area contributed by atoms with Crippen molar-refractivity contribution in [2.75, 3.05) is 6.54 Å². The number of carbonyl (C=O) groups excluding carboxylic acids is 1. The number of thiazole rings is 1. The van der Waals surface area contributed by atoms with Crippen molar-refractivity contribution < 1.29 is 9.53 Å². The normalized spacial score (nSPS) is 10.9. The van der Waals surface area contributed by atoms with Gasteiger partial charge in [0.1, 0.15) is 17.4 Å². The lowest BCUT2D eigenvalue weighted by Gasteiger charge is -2.23. The van der Waals surface area contributed by atoms with Gasteiger partial charge in [0.2, 0.25) is 5.91 Å². The molecule has 1 aromatic heterocycles. The van der Waals surface area contributed by atoms with Gasteiger partial charge in [-0.05, 0) is 24.5 Å². The van der Waals surface area contributed by atoms with Crippen molar-refractivity contribution in [3.63, 3.8) is 0 Å². The number of rotatable bonds is 8. The minimum Gasteiger partial charge on any atom is -0.486 e. The summed E-state index contributed by atoms with van der Waals surface area (Å²) in [7, 11) is 0. The first-order valence-electron chi connectivity index (χ1n) is 8.39. The van der Waals surface area contributed by atoms with Crippen molar-refractivity contribution in [1.82, 2.24) is 9.88 Å². The van der Waals surface area contributed by atoms with Crippen LogP contribution in [0.1, 0.15) is 43.5 Å². The second kappa shape index (κ2) is 8.83. The predicted octanol–water partition coefficient (Wildman–Crippen LogP) is 4.43. The fourth-order valence-corrected chi connectivity index (χ4v) is 3.16. The molecular formula is C19H26N2O2S. The molecule has 0 fully saturated rings. The zero-order valence-electron chi connectivity index (χ0n) is 14.9. The highest BCUT2D eigenvalue weighted by molar-refractivity contribution is 7.09. The van der Waals surface area contributed by atoms with E-state index >= 15 is 0 Å². The van der Waals surface area contributed by atoms with Gasteiger partial charge in [-0.1, -0.05) is 39.0 Å². The Kier molecular flexibility index (Phi) is 6.79. The van der Waals surface area contributed by atoms with E-state index < -0.39 is 0 Å². The van der Waals surface area contributed by atoms with Crippen LogP contribution in [0.15, 0.2) is 29.6 Å². The molecule has 1 aromatic carbocycles. The molecule has 0 spiro atoms. The number of aryl methyl sites for hydroxylation is 1. The molecule has 130 valence electrons. The van der Waals surface area contributed by atoms with Gasteiger partial charge in [0.25, 0.3) is 0 Å². The fraction of sp³-hybridized carbons (Fsp3) is 0.474. The molecule has 0 atom stereocenters. The third-order valence-electron chi connectivity index (χ3n) is 3.64. The average molecular weight is 346 g/mol. The maximum atomic E-state index is 12.1. The van der Waals surface area contributed by atoms with Crippen LogP contribution in [0.5, 0.6) is 5.75 Å². The molecule has 0 aliphatic carbocycles. The van der Waals surface area contributed by atoms with Crippen LogP contribution in [0, 0.1) is 12.8 Å². The second-order valence-corrected chi connectivity index (χ2v) is 7.25. The van der Waals surface area contributed by atoms with Crippen LogP contribution in [0.3, 0.4) is 0 Å². The minimum absolute atomic E-state index is 0.175. The standard InChI is InChI=1S/C19H26N2O2S/c1-5-19(22)21(10-14(2)3)11-16-13-24-18(20-16)12-23-17-9-7-6-8-15(17)4/h6-9,13-14H,5,10-12H2,1-4H3. The minimum atomic E-state index is 0.175. The number of hydrogen-bond donors (Lipinski definition) is 0. The summed E-state index contributed by atoms with van der Waals surface area (Å²) in [5.41, 5.74) is 2.05. The van der Waals surface area contributed by atoms with Gasteiger partial charge in [-0.15, -0.1) is 11.3 Å². The van der Waals surface area contributed by atoms with Gasteiger partial charge in [-0.25, -0.2) is 4.98 Å². The number of nitrogens with zero attached hydrogens (tertiary/aromatic N) is 2. The van der Waals surface area contributed by atoms with E-state index in [-0.39, 0.29) is 5.91 Å². The van der Waals surface area contributed by atoms with Crippen LogP contribution in [0.4, 0.5) is 0 Å². The SMILES string of the molecule is CCC(=O)N(Cc1csc(COc2ccccc2C)n1)CC(C)C. The van der Waals surface area contributed by atoms with Crippen molar-refractivity contribution in [3.8, 4) is 5.75 Å². The molecule has 0 bridgehead atoms. The van der Waals surface area contributed by atoms with E-state index in [1.807, 2.05) is 48.4 Å². The van der Waals surface area contributed by atoms with Gasteiger partial charge >= 0.3 is 0 Å². The third kappa shape index (κ3) is 5.34. The van der Waals surface area contributed by atoms with Gasteiger partial charge in [0.05, 0.1) is 12.2 Å². The molecule has 4 nitrogen and oxygen atoms in total. The summed E-state index contributed by atoms with van der Waals surface area (Å²) >= 11 is 1.58. The van der Waals surface area contributed by atoms with Crippen molar-refractivity contribution in [3.05, 3.63) is 45.9 Å². The van der Waals surface area contributed by atoms with Gasteiger partial charge in [0, 0.05) is 18.3 Å². The molecule has 0 aliphatic heterocycles. The Bertz CT molecular complexity index is 667. The molecule has 0 saturated heterocycles. The highest BCUT2D eigenvalue weighted by Crippen LogP contribution is 2.20. The van der Waals surface area contributed by atoms with Gasteiger partial charge in [0.15, 0.2) is 0 Å². The van der Waals surface area contributed by atoms with Crippen molar-refractivity contribution >= 4 is 17.2 Å². The zero-order chi connectivity index (χ0) is 17.5. The van der Waals surface area contributed by atoms with Crippen LogP contribution in [-0.4, -0.2) is 22.3 Å². The Morgan fingerprint density at radius 1 is 1.33 bits per heavy atom. The number of hydrogen-bond acceptors (Lipinski definition) is 4. The Morgan fingerprint density at radius 2 is 2.08 bits per heavy atom. The fourth-order valence-electron chi connectivity index (χ4n) is 2.46. The van der Waals surface area contributed by atoms with E-state index in [4.69, 9.17) is 4.74 Å². The van der Waals surface area contributed by atoms with E-state index in [1.54, 1.807) is 11.3 Å². The summed E-state index contributed by atoms with van der Waals surface area (Å²) in [6, 6.07) is 7.96. The number of para-hydroxylation sites is 1. The molecule has 0 unspecified atom stereocenters. The van der Waals surface area contributed by atoms with Crippen molar-refractivity contribution in [1.29, 1.82) is 0 Å². The van der Waals surface area contributed by atoms with Crippen LogP contribution in [-0.2, 0) is 17.9 Å². The van der Waals surface area contributed by atoms with Crippen LogP contribution >= 0.6 is 11.3 Å². The largest absolute Gasteiger partial charge is 0.486 e. The summed E-state index contributed by atoms with van der Waals surface area (Å²) in [5.74, 6) is 1.51. The first kappa shape index (κ1) is 18.5. The van der Waals surface area contributed by atoms with Gasteiger partial charge < -0.3 is 9.64 Å². The third-order valence-corrected chi connectivity index (χ3v) is 4.51. The number of ether oxygens (including phenoxy) is 1. The predicted molar refractivity (Wildman–Crippen MR) is 98.2 cm³/mol. The zero-order valence-corrected chi connectivity index (χ0v) is 15.7. The summed E-state index contributed by atoms with van der Waals surface area (Å²) in [6.45, 7) is 9.98. The number of amides is 1. The number of benzene rings is 1. The molecule has 1 heterocycles. The van der Waals surface area contributed by atoms with Crippen molar-refractivity contribution in [2.45, 2.75) is 47.3 Å². The second-order valence-electron chi connectivity index (χ2n) is 6.31. The first-order chi connectivity index (χ1) is 11.5. The smallest absolute Gasteiger partial charge is 0.222 e. The average Bonchev–Trinajstić information content (AvgIpc) is 3.00. The molecule has 0 radical (unpaired) electrons. The number of aromatic nitrogens is 1. The molecule has 0 saturated carbocycles. The summed E-state index contributed by atoms with van der Waals surface area (Å²) in [6.07, 6.45) is 0.528. The monoisotopic (exact) mass is 346 g/mol. The van der Waals surface area contributed by atoms with Crippen LogP contribution < -0.4 is 4.74 Å². The molecule has 24 heavy (non-hydrogen) atoms. The highest BCUT2D eigenvalue weighted by Gasteiger charge is 2.15. The topological polar surface area (TPSA) is 42.4 Å². The van der Waals surface area contributed by atoms with Crippen LogP contribution in [0.2, 0.25) is 0 Å². The Labute approximate surface area is 148 Å². The van der Waals surface area contributed by atoms with Gasteiger partial charge in [-0.2, -0.15) is 0 Å². The summed E-state index contributed by atoms with van der Waals surface area (Å²) in [4.78, 5) is 18.6. The Hall–Kier alpha value is -1.88. The van der Waals surface area contributed by atoms with E-state index in [0.717, 1.165) is 28.6 Å². The maximum absolute atomic E-state index is 12.1. The van der Waals surface area contributed by atoms with Gasteiger partial charge in [-0.3, -0.25) is 4.79 Å². The molecular weight excluding hydrogens is 320 g/mol.